The van der Waals surface area contributed by atoms with Crippen molar-refractivity contribution in [3.8, 4) is 0 Å². The predicted octanol–water partition coefficient (Wildman–Crippen LogP) is 4.37. The molecule has 0 bridgehead atoms. The van der Waals surface area contributed by atoms with Crippen LogP contribution in [-0.2, 0) is 14.2 Å². The summed E-state index contributed by atoms with van der Waals surface area (Å²) in [5, 5.41) is 3.96. The van der Waals surface area contributed by atoms with Crippen LogP contribution < -0.4 is 5.32 Å². The number of rotatable bonds is 8. The van der Waals surface area contributed by atoms with E-state index in [4.69, 9.17) is 14.2 Å². The van der Waals surface area contributed by atoms with Gasteiger partial charge in [-0.2, -0.15) is 0 Å². The van der Waals surface area contributed by atoms with E-state index in [0.717, 1.165) is 32.6 Å². The monoisotopic (exact) mass is 424 g/mol. The number of ether oxygens (including phenoxy) is 3. The van der Waals surface area contributed by atoms with E-state index < -0.39 is 5.60 Å². The number of amides is 1. The minimum Gasteiger partial charge on any atom is -0.444 e. The van der Waals surface area contributed by atoms with Gasteiger partial charge in [0, 0.05) is 32.3 Å². The number of hydrogen-bond donors (Lipinski definition) is 1. The van der Waals surface area contributed by atoms with E-state index in [2.05, 4.69) is 12.2 Å². The van der Waals surface area contributed by atoms with E-state index in [1.165, 1.54) is 38.5 Å². The van der Waals surface area contributed by atoms with Gasteiger partial charge in [-0.3, -0.25) is 0 Å². The van der Waals surface area contributed by atoms with Gasteiger partial charge in [0.1, 0.15) is 5.60 Å². The zero-order valence-electron chi connectivity index (χ0n) is 19.7. The fourth-order valence-corrected chi connectivity index (χ4v) is 5.65. The van der Waals surface area contributed by atoms with Crippen LogP contribution in [0.5, 0.6) is 0 Å². The van der Waals surface area contributed by atoms with Crippen molar-refractivity contribution in [2.24, 2.45) is 11.3 Å². The maximum absolute atomic E-state index is 12.9. The third-order valence-corrected chi connectivity index (χ3v) is 7.24. The molecule has 0 radical (unpaired) electrons. The number of morpholine rings is 1. The zero-order chi connectivity index (χ0) is 21.6. The second-order valence-corrected chi connectivity index (χ2v) is 10.6. The minimum atomic E-state index is -0.470. The second kappa shape index (κ2) is 10.6. The van der Waals surface area contributed by atoms with Crippen molar-refractivity contribution >= 4 is 6.09 Å². The van der Waals surface area contributed by atoms with Crippen LogP contribution in [0.1, 0.15) is 79.1 Å². The topological polar surface area (TPSA) is 60.0 Å². The Hall–Kier alpha value is -0.850. The van der Waals surface area contributed by atoms with Crippen molar-refractivity contribution in [1.82, 2.24) is 10.2 Å². The molecule has 3 atom stereocenters. The molecule has 0 unspecified atom stereocenters. The summed E-state index contributed by atoms with van der Waals surface area (Å²) >= 11 is 0. The maximum Gasteiger partial charge on any atom is 0.410 e. The number of hydrogen-bond acceptors (Lipinski definition) is 5. The first-order valence-corrected chi connectivity index (χ1v) is 12.2. The van der Waals surface area contributed by atoms with Crippen LogP contribution in [0.3, 0.4) is 0 Å². The Labute approximate surface area is 183 Å². The fraction of sp³-hybridized carbons (Fsp3) is 0.958. The Balaban J connectivity index is 1.61. The highest BCUT2D eigenvalue weighted by molar-refractivity contribution is 5.68. The Morgan fingerprint density at radius 3 is 2.67 bits per heavy atom. The zero-order valence-corrected chi connectivity index (χ0v) is 19.7. The van der Waals surface area contributed by atoms with Crippen LogP contribution in [-0.4, -0.2) is 68.2 Å². The van der Waals surface area contributed by atoms with Crippen LogP contribution >= 0.6 is 0 Å². The lowest BCUT2D eigenvalue weighted by molar-refractivity contribution is -0.0491. The molecule has 3 aliphatic rings. The van der Waals surface area contributed by atoms with Gasteiger partial charge >= 0.3 is 6.09 Å². The SMILES string of the molecule is CCOCCC1(CN[C@@H]2CCC[C@H]2[C@@H]2COCCN2C(=O)OC(C)(C)C)CCCC1. The Morgan fingerprint density at radius 1 is 1.20 bits per heavy atom. The van der Waals surface area contributed by atoms with E-state index >= 15 is 0 Å². The molecule has 0 aromatic heterocycles. The lowest BCUT2D eigenvalue weighted by Gasteiger charge is -2.42. The summed E-state index contributed by atoms with van der Waals surface area (Å²) in [5.41, 5.74) is -0.0844. The average Bonchev–Trinajstić information content (AvgIpc) is 3.35. The van der Waals surface area contributed by atoms with Gasteiger partial charge in [-0.1, -0.05) is 19.3 Å². The quantitative estimate of drug-likeness (QED) is 0.587. The Bertz CT molecular complexity index is 542. The van der Waals surface area contributed by atoms with Gasteiger partial charge in [-0.25, -0.2) is 4.79 Å². The van der Waals surface area contributed by atoms with Gasteiger partial charge in [0.2, 0.25) is 0 Å². The van der Waals surface area contributed by atoms with Crippen molar-refractivity contribution in [2.45, 2.75) is 96.7 Å². The lowest BCUT2D eigenvalue weighted by Crippen LogP contribution is -2.56. The van der Waals surface area contributed by atoms with Gasteiger partial charge in [0.25, 0.3) is 0 Å². The van der Waals surface area contributed by atoms with Crippen molar-refractivity contribution in [1.29, 1.82) is 0 Å². The Morgan fingerprint density at radius 2 is 1.97 bits per heavy atom. The average molecular weight is 425 g/mol. The van der Waals surface area contributed by atoms with Crippen LogP contribution in [0.2, 0.25) is 0 Å². The van der Waals surface area contributed by atoms with Gasteiger partial charge in [0.15, 0.2) is 0 Å². The lowest BCUT2D eigenvalue weighted by atomic mass is 9.82. The number of carbonyl (C=O) groups excluding carboxylic acids is 1. The molecule has 0 spiro atoms. The first-order chi connectivity index (χ1) is 14.3. The summed E-state index contributed by atoms with van der Waals surface area (Å²) in [6.07, 6.45) is 9.80. The molecule has 1 aliphatic heterocycles. The third kappa shape index (κ3) is 6.33. The smallest absolute Gasteiger partial charge is 0.410 e. The highest BCUT2D eigenvalue weighted by Gasteiger charge is 2.42. The maximum atomic E-state index is 12.9. The van der Waals surface area contributed by atoms with Crippen LogP contribution in [0.15, 0.2) is 0 Å². The van der Waals surface area contributed by atoms with Crippen molar-refractivity contribution in [3.63, 3.8) is 0 Å². The molecule has 2 aliphatic carbocycles. The number of carbonyl (C=O) groups is 1. The summed E-state index contributed by atoms with van der Waals surface area (Å²) < 4.78 is 17.2. The molecule has 3 rings (SSSR count). The van der Waals surface area contributed by atoms with E-state index in [1.807, 2.05) is 25.7 Å². The van der Waals surface area contributed by atoms with E-state index in [0.29, 0.717) is 37.1 Å². The van der Waals surface area contributed by atoms with Gasteiger partial charge in [-0.15, -0.1) is 0 Å². The Kier molecular flexibility index (Phi) is 8.45. The van der Waals surface area contributed by atoms with E-state index in [-0.39, 0.29) is 12.1 Å². The molecule has 30 heavy (non-hydrogen) atoms. The van der Waals surface area contributed by atoms with Gasteiger partial charge in [-0.05, 0) is 71.1 Å². The molecular weight excluding hydrogens is 380 g/mol. The second-order valence-electron chi connectivity index (χ2n) is 10.6. The first-order valence-electron chi connectivity index (χ1n) is 12.2. The largest absolute Gasteiger partial charge is 0.444 e. The summed E-state index contributed by atoms with van der Waals surface area (Å²) in [4.78, 5) is 14.8. The van der Waals surface area contributed by atoms with Crippen molar-refractivity contribution in [3.05, 3.63) is 0 Å². The molecule has 2 saturated carbocycles. The molecular formula is C24H44N2O4. The molecule has 1 N–H and O–H groups in total. The fourth-order valence-electron chi connectivity index (χ4n) is 5.65. The normalized spacial score (nSPS) is 29.3. The van der Waals surface area contributed by atoms with Crippen molar-refractivity contribution in [2.75, 3.05) is 39.5 Å². The number of nitrogens with zero attached hydrogens (tertiary/aromatic N) is 1. The molecule has 1 saturated heterocycles. The van der Waals surface area contributed by atoms with Crippen LogP contribution in [0.4, 0.5) is 4.79 Å². The molecule has 1 heterocycles. The minimum absolute atomic E-state index is 0.108. The summed E-state index contributed by atoms with van der Waals surface area (Å²) in [6, 6.07) is 0.558. The van der Waals surface area contributed by atoms with Crippen LogP contribution in [0.25, 0.3) is 0 Å². The third-order valence-electron chi connectivity index (χ3n) is 7.24. The molecule has 1 amide bonds. The molecule has 0 aromatic rings. The highest BCUT2D eigenvalue weighted by atomic mass is 16.6. The summed E-state index contributed by atoms with van der Waals surface area (Å²) in [6.45, 7) is 12.5. The highest BCUT2D eigenvalue weighted by Crippen LogP contribution is 2.41. The van der Waals surface area contributed by atoms with Crippen LogP contribution in [0, 0.1) is 11.3 Å². The first kappa shape index (κ1) is 23.8. The predicted molar refractivity (Wildman–Crippen MR) is 119 cm³/mol. The molecule has 6 nitrogen and oxygen atoms in total. The molecule has 3 fully saturated rings. The standard InChI is InChI=1S/C24H44N2O4/c1-5-28-15-13-24(11-6-7-12-24)18-25-20-10-8-9-19(20)21-17-29-16-14-26(21)22(27)30-23(2,3)4/h19-21,25H,5-18H2,1-4H3/t19-,20-,21+/m1/s1. The van der Waals surface area contributed by atoms with Gasteiger partial charge in [0.05, 0.1) is 19.3 Å². The molecule has 174 valence electrons. The molecule has 0 aromatic carbocycles. The van der Waals surface area contributed by atoms with Gasteiger partial charge < -0.3 is 24.4 Å². The van der Waals surface area contributed by atoms with E-state index in [1.54, 1.807) is 0 Å². The number of nitrogens with one attached hydrogen (secondary N) is 1. The summed E-state index contributed by atoms with van der Waals surface area (Å²) in [5.74, 6) is 0.433. The van der Waals surface area contributed by atoms with Crippen molar-refractivity contribution < 1.29 is 19.0 Å². The van der Waals surface area contributed by atoms with E-state index in [9.17, 15) is 4.79 Å². The molecule has 6 heteroatoms. The summed E-state index contributed by atoms with van der Waals surface area (Å²) in [7, 11) is 0.